The van der Waals surface area contributed by atoms with E-state index in [2.05, 4.69) is 10.4 Å². The van der Waals surface area contributed by atoms with E-state index in [0.717, 1.165) is 0 Å². The predicted molar refractivity (Wildman–Crippen MR) is 108 cm³/mol. The van der Waals surface area contributed by atoms with E-state index in [9.17, 15) is 14.4 Å². The molecule has 0 aliphatic carbocycles. The number of amides is 3. The Labute approximate surface area is 169 Å². The second-order valence-electron chi connectivity index (χ2n) is 8.02. The lowest BCUT2D eigenvalue weighted by Crippen LogP contribution is -2.62. The van der Waals surface area contributed by atoms with Gasteiger partial charge >= 0.3 is 0 Å². The molecule has 1 fully saturated rings. The van der Waals surface area contributed by atoms with E-state index in [4.69, 9.17) is 0 Å². The van der Waals surface area contributed by atoms with Gasteiger partial charge in [-0.15, -0.1) is 0 Å². The number of fused-ring (bicyclic) bond motifs is 3. The van der Waals surface area contributed by atoms with Gasteiger partial charge in [-0.1, -0.05) is 12.1 Å². The fourth-order valence-electron chi connectivity index (χ4n) is 4.16. The second kappa shape index (κ2) is 7.02. The van der Waals surface area contributed by atoms with Crippen LogP contribution in [0.3, 0.4) is 0 Å². The molecule has 2 aliphatic heterocycles. The fraction of sp³-hybridized carbons (Fsp3) is 0.429. The Morgan fingerprint density at radius 2 is 2.03 bits per heavy atom. The van der Waals surface area contributed by atoms with Crippen molar-refractivity contribution in [3.63, 3.8) is 0 Å². The van der Waals surface area contributed by atoms with Crippen LogP contribution in [0.5, 0.6) is 0 Å². The highest BCUT2D eigenvalue weighted by Gasteiger charge is 2.52. The molecule has 1 aromatic heterocycles. The van der Waals surface area contributed by atoms with Gasteiger partial charge < -0.3 is 10.2 Å². The van der Waals surface area contributed by atoms with Crippen molar-refractivity contribution in [3.05, 3.63) is 42.2 Å². The first-order valence-corrected chi connectivity index (χ1v) is 9.89. The van der Waals surface area contributed by atoms with E-state index in [1.54, 1.807) is 39.0 Å². The van der Waals surface area contributed by atoms with Crippen molar-refractivity contribution in [2.45, 2.75) is 51.7 Å². The molecule has 2 aromatic rings. The number of para-hydroxylation sites is 1. The van der Waals surface area contributed by atoms with Crippen LogP contribution in [0.2, 0.25) is 0 Å². The molecule has 3 heterocycles. The summed E-state index contributed by atoms with van der Waals surface area (Å²) in [6.07, 6.45) is 4.46. The molecule has 4 rings (SSSR count). The van der Waals surface area contributed by atoms with Crippen LogP contribution in [0.25, 0.3) is 0 Å². The first kappa shape index (κ1) is 19.2. The van der Waals surface area contributed by atoms with Crippen molar-refractivity contribution >= 4 is 29.1 Å². The van der Waals surface area contributed by atoms with Gasteiger partial charge in [0.1, 0.15) is 5.66 Å². The highest BCUT2D eigenvalue weighted by molar-refractivity contribution is 6.10. The summed E-state index contributed by atoms with van der Waals surface area (Å²) in [6.45, 7) is 6.15. The lowest BCUT2D eigenvalue weighted by atomic mass is 9.98. The highest BCUT2D eigenvalue weighted by atomic mass is 16.2. The first-order chi connectivity index (χ1) is 13.8. The van der Waals surface area contributed by atoms with Gasteiger partial charge in [-0.3, -0.25) is 24.0 Å². The predicted octanol–water partition coefficient (Wildman–Crippen LogP) is 2.79. The van der Waals surface area contributed by atoms with Crippen LogP contribution in [-0.2, 0) is 9.59 Å². The van der Waals surface area contributed by atoms with Gasteiger partial charge in [0.2, 0.25) is 11.8 Å². The van der Waals surface area contributed by atoms with Gasteiger partial charge in [0.25, 0.3) is 5.91 Å². The van der Waals surface area contributed by atoms with Crippen molar-refractivity contribution in [1.29, 1.82) is 0 Å². The number of nitrogens with one attached hydrogen (secondary N) is 1. The van der Waals surface area contributed by atoms with Crippen LogP contribution in [0.4, 0.5) is 11.4 Å². The first-order valence-electron chi connectivity index (χ1n) is 9.89. The third kappa shape index (κ3) is 3.18. The Morgan fingerprint density at radius 3 is 2.76 bits per heavy atom. The lowest BCUT2D eigenvalue weighted by Gasteiger charge is -2.48. The minimum atomic E-state index is -0.745. The summed E-state index contributed by atoms with van der Waals surface area (Å²) in [5.41, 5.74) is 1.04. The van der Waals surface area contributed by atoms with E-state index in [1.807, 2.05) is 32.9 Å². The van der Waals surface area contributed by atoms with Crippen molar-refractivity contribution in [2.75, 3.05) is 16.8 Å². The van der Waals surface area contributed by atoms with E-state index in [1.165, 1.54) is 0 Å². The molecule has 0 unspecified atom stereocenters. The van der Waals surface area contributed by atoms with Crippen molar-refractivity contribution in [2.24, 2.45) is 0 Å². The molecule has 1 aromatic carbocycles. The lowest BCUT2D eigenvalue weighted by molar-refractivity contribution is -0.117. The number of hydrogen-bond acceptors (Lipinski definition) is 4. The number of hydrogen-bond donors (Lipinski definition) is 1. The molecule has 0 radical (unpaired) electrons. The SMILES string of the molecule is CC(C)n1cc(NC(=O)CCN2C(=O)c3ccccc3N3C(=O)CC[C@@]23C)cn1. The summed E-state index contributed by atoms with van der Waals surface area (Å²) in [5, 5.41) is 7.04. The van der Waals surface area contributed by atoms with Crippen molar-refractivity contribution in [1.82, 2.24) is 14.7 Å². The number of rotatable bonds is 5. The maximum absolute atomic E-state index is 13.2. The molecule has 3 amide bonds. The van der Waals surface area contributed by atoms with Crippen LogP contribution >= 0.6 is 0 Å². The average Bonchev–Trinajstić information content (AvgIpc) is 3.26. The largest absolute Gasteiger partial charge is 0.323 e. The quantitative estimate of drug-likeness (QED) is 0.843. The van der Waals surface area contributed by atoms with Gasteiger partial charge in [0.15, 0.2) is 0 Å². The normalized spacial score (nSPS) is 20.8. The zero-order valence-electron chi connectivity index (χ0n) is 16.9. The van der Waals surface area contributed by atoms with Crippen LogP contribution in [0.1, 0.15) is 56.4 Å². The van der Waals surface area contributed by atoms with Crippen LogP contribution in [-0.4, -0.2) is 44.6 Å². The Bertz CT molecular complexity index is 982. The van der Waals surface area contributed by atoms with Gasteiger partial charge in [-0.2, -0.15) is 5.10 Å². The molecule has 8 heteroatoms. The maximum Gasteiger partial charge on any atom is 0.257 e. The van der Waals surface area contributed by atoms with E-state index >= 15 is 0 Å². The summed E-state index contributed by atoms with van der Waals surface area (Å²) < 4.78 is 1.77. The Kier molecular flexibility index (Phi) is 4.64. The molecule has 2 aliphatic rings. The second-order valence-corrected chi connectivity index (χ2v) is 8.02. The summed E-state index contributed by atoms with van der Waals surface area (Å²) in [7, 11) is 0. The summed E-state index contributed by atoms with van der Waals surface area (Å²) >= 11 is 0. The van der Waals surface area contributed by atoms with Gasteiger partial charge in [-0.05, 0) is 39.3 Å². The summed E-state index contributed by atoms with van der Waals surface area (Å²) in [4.78, 5) is 41.6. The highest BCUT2D eigenvalue weighted by Crippen LogP contribution is 2.43. The number of carbonyl (C=O) groups excluding carboxylic acids is 3. The van der Waals surface area contributed by atoms with E-state index in [0.29, 0.717) is 29.8 Å². The Hall–Kier alpha value is -3.16. The minimum Gasteiger partial charge on any atom is -0.323 e. The number of benzene rings is 1. The Balaban J connectivity index is 1.51. The zero-order chi connectivity index (χ0) is 20.8. The van der Waals surface area contributed by atoms with Gasteiger partial charge in [-0.25, -0.2) is 0 Å². The van der Waals surface area contributed by atoms with Crippen molar-refractivity contribution in [3.8, 4) is 0 Å². The zero-order valence-corrected chi connectivity index (χ0v) is 16.9. The molecule has 1 N–H and O–H groups in total. The molecule has 29 heavy (non-hydrogen) atoms. The van der Waals surface area contributed by atoms with E-state index in [-0.39, 0.29) is 36.7 Å². The molecule has 1 atom stereocenters. The minimum absolute atomic E-state index is 0.00278. The van der Waals surface area contributed by atoms with Gasteiger partial charge in [0, 0.05) is 31.6 Å². The molecule has 152 valence electrons. The Morgan fingerprint density at radius 1 is 1.28 bits per heavy atom. The molecule has 0 spiro atoms. The molecular formula is C21H25N5O3. The summed E-state index contributed by atoms with van der Waals surface area (Å²) in [6, 6.07) is 7.37. The molecule has 0 bridgehead atoms. The van der Waals surface area contributed by atoms with Crippen LogP contribution in [0, 0.1) is 0 Å². The standard InChI is InChI=1S/C21H25N5O3/c1-14(2)25-13-15(12-22-25)23-18(27)9-11-24-20(29)16-6-4-5-7-17(16)26-19(28)8-10-21(24,26)3/h4-7,12-14H,8-11H2,1-3H3,(H,23,27)/t21-/m0/s1. The van der Waals surface area contributed by atoms with Crippen molar-refractivity contribution < 1.29 is 14.4 Å². The monoisotopic (exact) mass is 395 g/mol. The van der Waals surface area contributed by atoms with Gasteiger partial charge in [0.05, 0.1) is 23.1 Å². The number of anilines is 2. The van der Waals surface area contributed by atoms with E-state index < -0.39 is 5.66 Å². The smallest absolute Gasteiger partial charge is 0.257 e. The molecule has 8 nitrogen and oxygen atoms in total. The van der Waals surface area contributed by atoms with Crippen LogP contribution < -0.4 is 10.2 Å². The number of carbonyl (C=O) groups is 3. The number of aromatic nitrogens is 2. The molecule has 1 saturated heterocycles. The maximum atomic E-state index is 13.2. The third-order valence-electron chi connectivity index (χ3n) is 5.72. The molecular weight excluding hydrogens is 370 g/mol. The fourth-order valence-corrected chi connectivity index (χ4v) is 4.16. The average molecular weight is 395 g/mol. The van der Waals surface area contributed by atoms with Crippen LogP contribution in [0.15, 0.2) is 36.7 Å². The topological polar surface area (TPSA) is 87.5 Å². The number of nitrogens with zero attached hydrogens (tertiary/aromatic N) is 4. The summed E-state index contributed by atoms with van der Waals surface area (Å²) in [5.74, 6) is -0.336. The third-order valence-corrected chi connectivity index (χ3v) is 5.72. The molecule has 0 saturated carbocycles.